The molecule has 4 heteroatoms. The lowest BCUT2D eigenvalue weighted by molar-refractivity contribution is -0.120. The average molecular weight is 276 g/mol. The first-order valence-electron chi connectivity index (χ1n) is 7.31. The number of aryl methyl sites for hydroxylation is 1. The van der Waals surface area contributed by atoms with E-state index in [-0.39, 0.29) is 17.9 Å². The molecule has 0 radical (unpaired) electrons. The van der Waals surface area contributed by atoms with Crippen LogP contribution in [0.4, 0.5) is 5.69 Å². The molecule has 1 amide bonds. The van der Waals surface area contributed by atoms with Gasteiger partial charge in [-0.1, -0.05) is 19.1 Å². The maximum atomic E-state index is 12.4. The lowest BCUT2D eigenvalue weighted by Gasteiger charge is -2.19. The minimum atomic E-state index is -0.110. The summed E-state index contributed by atoms with van der Waals surface area (Å²) < 4.78 is 5.46. The van der Waals surface area contributed by atoms with Crippen LogP contribution in [-0.4, -0.2) is 31.7 Å². The Morgan fingerprint density at radius 3 is 2.90 bits per heavy atom. The van der Waals surface area contributed by atoms with Crippen molar-refractivity contribution in [3.8, 4) is 0 Å². The molecule has 0 aliphatic carbocycles. The summed E-state index contributed by atoms with van der Waals surface area (Å²) in [7, 11) is 0. The van der Waals surface area contributed by atoms with Gasteiger partial charge in [-0.3, -0.25) is 4.79 Å². The molecular formula is C16H24N2O2. The number of hydrogen-bond donors (Lipinski definition) is 2. The molecule has 4 nitrogen and oxygen atoms in total. The molecule has 110 valence electrons. The van der Waals surface area contributed by atoms with Gasteiger partial charge >= 0.3 is 0 Å². The van der Waals surface area contributed by atoms with Crippen LogP contribution >= 0.6 is 0 Å². The molecule has 0 spiro atoms. The molecule has 1 aromatic rings. The van der Waals surface area contributed by atoms with Crippen molar-refractivity contribution in [2.75, 3.05) is 25.1 Å². The maximum Gasteiger partial charge on any atom is 0.231 e. The van der Waals surface area contributed by atoms with Crippen LogP contribution in [0, 0.1) is 19.8 Å². The molecule has 1 heterocycles. The molecule has 1 aliphatic heterocycles. The van der Waals surface area contributed by atoms with Crippen LogP contribution in [0.25, 0.3) is 0 Å². The van der Waals surface area contributed by atoms with Crippen LogP contribution in [0.2, 0.25) is 0 Å². The number of anilines is 1. The summed E-state index contributed by atoms with van der Waals surface area (Å²) in [6, 6.07) is 6.09. The highest BCUT2D eigenvalue weighted by Gasteiger charge is 2.33. The minimum absolute atomic E-state index is 0.0461. The Morgan fingerprint density at radius 1 is 1.35 bits per heavy atom. The fraction of sp³-hybridized carbons (Fsp3) is 0.562. The Bertz CT molecular complexity index is 474. The summed E-state index contributed by atoms with van der Waals surface area (Å²) in [5.74, 6) is -0.0636. The third-order valence-electron chi connectivity index (χ3n) is 3.94. The zero-order valence-electron chi connectivity index (χ0n) is 12.5. The van der Waals surface area contributed by atoms with Crippen LogP contribution in [0.15, 0.2) is 18.2 Å². The van der Waals surface area contributed by atoms with E-state index in [2.05, 4.69) is 30.5 Å². The highest BCUT2D eigenvalue weighted by atomic mass is 16.5. The Hall–Kier alpha value is -1.39. The van der Waals surface area contributed by atoms with E-state index in [0.29, 0.717) is 13.2 Å². The lowest BCUT2D eigenvalue weighted by Crippen LogP contribution is -2.41. The number of benzene rings is 1. The Labute approximate surface area is 120 Å². The first kappa shape index (κ1) is 15.0. The number of hydrogen-bond acceptors (Lipinski definition) is 3. The van der Waals surface area contributed by atoms with Crippen molar-refractivity contribution in [2.45, 2.75) is 33.2 Å². The molecule has 0 bridgehead atoms. The van der Waals surface area contributed by atoms with Crippen LogP contribution in [0.1, 0.15) is 24.5 Å². The van der Waals surface area contributed by atoms with Crippen molar-refractivity contribution in [3.05, 3.63) is 29.3 Å². The first-order valence-corrected chi connectivity index (χ1v) is 7.31. The number of carbonyl (C=O) groups is 1. The van der Waals surface area contributed by atoms with E-state index >= 15 is 0 Å². The predicted octanol–water partition coefficient (Wildman–Crippen LogP) is 2.26. The molecule has 2 unspecified atom stereocenters. The van der Waals surface area contributed by atoms with E-state index in [1.54, 1.807) is 0 Å². The number of nitrogens with one attached hydrogen (secondary N) is 2. The maximum absolute atomic E-state index is 12.4. The van der Waals surface area contributed by atoms with Crippen LogP contribution in [0.5, 0.6) is 0 Å². The van der Waals surface area contributed by atoms with Gasteiger partial charge in [-0.05, 0) is 44.0 Å². The molecule has 1 aromatic carbocycles. The van der Waals surface area contributed by atoms with Gasteiger partial charge in [0, 0.05) is 11.7 Å². The van der Waals surface area contributed by atoms with Crippen molar-refractivity contribution in [1.82, 2.24) is 5.32 Å². The average Bonchev–Trinajstić information content (AvgIpc) is 2.90. The molecular weight excluding hydrogens is 252 g/mol. The zero-order chi connectivity index (χ0) is 14.5. The molecule has 1 saturated heterocycles. The number of carbonyl (C=O) groups excluding carboxylic acids is 1. The summed E-state index contributed by atoms with van der Waals surface area (Å²) in [4.78, 5) is 12.4. The molecule has 2 atom stereocenters. The van der Waals surface area contributed by atoms with E-state index in [4.69, 9.17) is 4.74 Å². The summed E-state index contributed by atoms with van der Waals surface area (Å²) >= 11 is 0. The van der Waals surface area contributed by atoms with Crippen LogP contribution in [0.3, 0.4) is 0 Å². The fourth-order valence-electron chi connectivity index (χ4n) is 2.46. The van der Waals surface area contributed by atoms with E-state index in [9.17, 15) is 4.79 Å². The Kier molecular flexibility index (Phi) is 5.15. The molecule has 0 aromatic heterocycles. The van der Waals surface area contributed by atoms with Gasteiger partial charge in [0.25, 0.3) is 0 Å². The lowest BCUT2D eigenvalue weighted by atomic mass is 10.0. The minimum Gasteiger partial charge on any atom is -0.379 e. The van der Waals surface area contributed by atoms with Gasteiger partial charge in [-0.2, -0.15) is 0 Å². The third-order valence-corrected chi connectivity index (χ3v) is 3.94. The van der Waals surface area contributed by atoms with Crippen molar-refractivity contribution < 1.29 is 9.53 Å². The predicted molar refractivity (Wildman–Crippen MR) is 80.9 cm³/mol. The smallest absolute Gasteiger partial charge is 0.231 e. The second kappa shape index (κ2) is 6.86. The topological polar surface area (TPSA) is 50.4 Å². The van der Waals surface area contributed by atoms with Gasteiger partial charge in [0.05, 0.1) is 19.1 Å². The van der Waals surface area contributed by atoms with Crippen molar-refractivity contribution in [1.29, 1.82) is 0 Å². The fourth-order valence-corrected chi connectivity index (χ4v) is 2.46. The van der Waals surface area contributed by atoms with Gasteiger partial charge in [0.1, 0.15) is 0 Å². The first-order chi connectivity index (χ1) is 9.63. The normalized spacial score (nSPS) is 21.9. The highest BCUT2D eigenvalue weighted by molar-refractivity contribution is 5.94. The highest BCUT2D eigenvalue weighted by Crippen LogP contribution is 2.21. The standard InChI is InChI=1S/C16H24N2O2/c1-4-8-17-15-10-20-9-13(15)16(19)18-14-7-5-6-11(2)12(14)3/h5-7,13,15,17H,4,8-10H2,1-3H3,(H,18,19). The van der Waals surface area contributed by atoms with Gasteiger partial charge < -0.3 is 15.4 Å². The summed E-state index contributed by atoms with van der Waals surface area (Å²) in [5, 5.41) is 6.43. The SMILES string of the molecule is CCCNC1COCC1C(=O)Nc1cccc(C)c1C. The number of amides is 1. The number of ether oxygens (including phenoxy) is 1. The number of rotatable bonds is 5. The molecule has 1 fully saturated rings. The Morgan fingerprint density at radius 2 is 2.15 bits per heavy atom. The summed E-state index contributed by atoms with van der Waals surface area (Å²) in [6.07, 6.45) is 1.06. The molecule has 1 aliphatic rings. The van der Waals surface area contributed by atoms with Crippen molar-refractivity contribution in [2.24, 2.45) is 5.92 Å². The van der Waals surface area contributed by atoms with Crippen LogP contribution in [-0.2, 0) is 9.53 Å². The monoisotopic (exact) mass is 276 g/mol. The zero-order valence-corrected chi connectivity index (χ0v) is 12.5. The van der Waals surface area contributed by atoms with E-state index in [1.165, 1.54) is 5.56 Å². The molecule has 2 rings (SSSR count). The quantitative estimate of drug-likeness (QED) is 0.867. The third kappa shape index (κ3) is 3.38. The van der Waals surface area contributed by atoms with Gasteiger partial charge in [0.15, 0.2) is 0 Å². The van der Waals surface area contributed by atoms with Crippen molar-refractivity contribution in [3.63, 3.8) is 0 Å². The summed E-state index contributed by atoms with van der Waals surface area (Å²) in [5.41, 5.74) is 3.21. The van der Waals surface area contributed by atoms with E-state index in [1.807, 2.05) is 19.1 Å². The van der Waals surface area contributed by atoms with Crippen molar-refractivity contribution >= 4 is 11.6 Å². The Balaban J connectivity index is 2.02. The molecule has 0 saturated carbocycles. The largest absolute Gasteiger partial charge is 0.379 e. The molecule has 20 heavy (non-hydrogen) atoms. The van der Waals surface area contributed by atoms with Gasteiger partial charge in [-0.25, -0.2) is 0 Å². The van der Waals surface area contributed by atoms with Gasteiger partial charge in [-0.15, -0.1) is 0 Å². The second-order valence-corrected chi connectivity index (χ2v) is 5.44. The van der Waals surface area contributed by atoms with Gasteiger partial charge in [0.2, 0.25) is 5.91 Å². The second-order valence-electron chi connectivity index (χ2n) is 5.44. The van der Waals surface area contributed by atoms with Crippen LogP contribution < -0.4 is 10.6 Å². The molecule has 2 N–H and O–H groups in total. The summed E-state index contributed by atoms with van der Waals surface area (Å²) in [6.45, 7) is 8.23. The van der Waals surface area contributed by atoms with E-state index in [0.717, 1.165) is 24.2 Å². The van der Waals surface area contributed by atoms with E-state index < -0.39 is 0 Å².